The second-order valence-corrected chi connectivity index (χ2v) is 17.9. The van der Waals surface area contributed by atoms with E-state index in [1.807, 2.05) is 48.5 Å². The minimum atomic E-state index is -3.60. The van der Waals surface area contributed by atoms with Crippen molar-refractivity contribution in [2.75, 3.05) is 64.5 Å². The highest BCUT2D eigenvalue weighted by Gasteiger charge is 2.56. The first-order chi connectivity index (χ1) is 32.6. The van der Waals surface area contributed by atoms with Gasteiger partial charge in [0.2, 0.25) is 18.3 Å². The van der Waals surface area contributed by atoms with E-state index in [0.29, 0.717) is 0 Å². The molecule has 1 fully saturated rings. The molecule has 0 spiro atoms. The van der Waals surface area contributed by atoms with Crippen molar-refractivity contribution in [2.24, 2.45) is 0 Å². The van der Waals surface area contributed by atoms with E-state index in [1.54, 1.807) is 0 Å². The number of benzene rings is 3. The lowest BCUT2D eigenvalue weighted by atomic mass is 9.97. The van der Waals surface area contributed by atoms with E-state index >= 15 is 0 Å². The lowest BCUT2D eigenvalue weighted by Gasteiger charge is -2.43. The van der Waals surface area contributed by atoms with Gasteiger partial charge in [-0.1, -0.05) is 54.6 Å². The molecule has 5 atom stereocenters. The molecular weight excluding hydrogens is 935 g/mol. The maximum Gasteiger partial charge on any atom is 0.411 e. The summed E-state index contributed by atoms with van der Waals surface area (Å²) in [6.45, 7) is -0.0526. The molecule has 2 aliphatic rings. The number of likely N-dealkylation sites (N-methyl/N-ethyl adjacent to an activating group) is 1. The van der Waals surface area contributed by atoms with Crippen molar-refractivity contribution in [2.45, 2.75) is 64.0 Å². The molecule has 0 unspecified atom stereocenters. The number of hydrogen-bond acceptors (Lipinski definition) is 19. The standard InChI is InChI=1S/C45H51N3O20S/c1-25(49)64-38-39(65-26(2)50)41(66-27(3)51)43(68-40(38)42(55)60-5)67-35-16-15-28(21-62-45(57)48(17-18-69(6,58)59)24-61-23-37(53)54)19-34(35)46-36(52)20-47(4)44(56)63-22-33-31-13-9-7-11-29(31)30-12-8-10-14-32(30)33/h7-16,19,33,38-41,43H,17-18,20-24H2,1-6H3,(H,46,52)(H,53,54)/t38-,39-,40-,41+,43+/m0/s1. The zero-order chi connectivity index (χ0) is 50.6. The number of nitrogens with one attached hydrogen (secondary N) is 1. The second kappa shape index (κ2) is 23.6. The van der Waals surface area contributed by atoms with Crippen LogP contribution in [-0.4, -0.2) is 161 Å². The Balaban J connectivity index is 1.42. The molecule has 5 rings (SSSR count). The van der Waals surface area contributed by atoms with Gasteiger partial charge in [-0.25, -0.2) is 27.6 Å². The van der Waals surface area contributed by atoms with Gasteiger partial charge in [0.05, 0.1) is 18.6 Å². The molecule has 69 heavy (non-hydrogen) atoms. The number of carbonyl (C=O) groups is 8. The normalized spacial score (nSPS) is 18.3. The van der Waals surface area contributed by atoms with Crippen molar-refractivity contribution in [3.63, 3.8) is 0 Å². The number of ether oxygens (including phenoxy) is 9. The third-order valence-electron chi connectivity index (χ3n) is 10.2. The van der Waals surface area contributed by atoms with Gasteiger partial charge in [0.15, 0.2) is 18.3 Å². The number of anilines is 1. The van der Waals surface area contributed by atoms with E-state index in [-0.39, 0.29) is 29.5 Å². The van der Waals surface area contributed by atoms with Gasteiger partial charge in [-0.2, -0.15) is 0 Å². The molecular formula is C45H51N3O20S. The number of carbonyl (C=O) groups excluding carboxylic acids is 7. The van der Waals surface area contributed by atoms with Crippen LogP contribution in [-0.2, 0) is 83.1 Å². The molecule has 1 aliphatic heterocycles. The predicted molar refractivity (Wildman–Crippen MR) is 236 cm³/mol. The van der Waals surface area contributed by atoms with Crippen molar-refractivity contribution < 1.29 is 94.5 Å². The van der Waals surface area contributed by atoms with Crippen LogP contribution in [0.25, 0.3) is 11.1 Å². The van der Waals surface area contributed by atoms with E-state index < -0.39 is 127 Å². The first-order valence-corrected chi connectivity index (χ1v) is 23.0. The van der Waals surface area contributed by atoms with Gasteiger partial charge in [-0.3, -0.25) is 24.1 Å². The Hall–Kier alpha value is -7.31. The van der Waals surface area contributed by atoms with Gasteiger partial charge in [0, 0.05) is 46.5 Å². The third-order valence-corrected chi connectivity index (χ3v) is 11.2. The highest BCUT2D eigenvalue weighted by atomic mass is 32.2. The minimum Gasteiger partial charge on any atom is -0.480 e. The molecule has 1 aliphatic carbocycles. The summed E-state index contributed by atoms with van der Waals surface area (Å²) >= 11 is 0. The Morgan fingerprint density at radius 2 is 1.38 bits per heavy atom. The summed E-state index contributed by atoms with van der Waals surface area (Å²) in [5, 5.41) is 11.6. The molecule has 2 N–H and O–H groups in total. The van der Waals surface area contributed by atoms with Crippen LogP contribution in [0.1, 0.15) is 43.4 Å². The summed E-state index contributed by atoms with van der Waals surface area (Å²) in [6.07, 6.45) is -9.93. The number of rotatable bonds is 20. The average molecular weight is 986 g/mol. The number of amides is 3. The summed E-state index contributed by atoms with van der Waals surface area (Å²) in [7, 11) is -1.27. The number of nitrogens with zero attached hydrogens (tertiary/aromatic N) is 2. The number of aliphatic carboxylic acids is 1. The number of fused-ring (bicyclic) bond motifs is 3. The maximum absolute atomic E-state index is 13.8. The van der Waals surface area contributed by atoms with Crippen molar-refractivity contribution in [3.8, 4) is 16.9 Å². The lowest BCUT2D eigenvalue weighted by molar-refractivity contribution is -0.282. The van der Waals surface area contributed by atoms with Crippen LogP contribution in [0.15, 0.2) is 66.7 Å². The van der Waals surface area contributed by atoms with Crippen molar-refractivity contribution in [1.29, 1.82) is 0 Å². The van der Waals surface area contributed by atoms with Crippen LogP contribution >= 0.6 is 0 Å². The van der Waals surface area contributed by atoms with Gasteiger partial charge in [0.25, 0.3) is 0 Å². The predicted octanol–water partition coefficient (Wildman–Crippen LogP) is 2.62. The molecule has 0 bridgehead atoms. The SMILES string of the molecule is COC(=O)[C@H]1O[C@@H](Oc2ccc(COC(=O)N(CCS(C)(=O)=O)COCC(=O)O)cc2NC(=O)CN(C)C(=O)OCC2c3ccccc3-c3ccccc32)[C@H](OC(C)=O)[C@@H](OC(C)=O)[C@@H]1OC(C)=O. The Labute approximate surface area is 395 Å². The quantitative estimate of drug-likeness (QED) is 0.0934. The molecule has 0 aromatic heterocycles. The molecule has 0 saturated carbocycles. The Kier molecular flexibility index (Phi) is 18.0. The van der Waals surface area contributed by atoms with Gasteiger partial charge in [-0.15, -0.1) is 0 Å². The molecule has 3 amide bonds. The fraction of sp³-hybridized carbons (Fsp3) is 0.422. The number of sulfone groups is 1. The summed E-state index contributed by atoms with van der Waals surface area (Å²) in [6, 6.07) is 19.3. The van der Waals surface area contributed by atoms with Crippen LogP contribution in [0.3, 0.4) is 0 Å². The molecule has 24 heteroatoms. The molecule has 23 nitrogen and oxygen atoms in total. The van der Waals surface area contributed by atoms with E-state index in [0.717, 1.165) is 66.2 Å². The van der Waals surface area contributed by atoms with Gasteiger partial charge >= 0.3 is 42.0 Å². The van der Waals surface area contributed by atoms with Gasteiger partial charge < -0.3 is 58.0 Å². The zero-order valence-electron chi connectivity index (χ0n) is 38.3. The first kappa shape index (κ1) is 52.7. The number of methoxy groups -OCH3 is 1. The second-order valence-electron chi connectivity index (χ2n) is 15.6. The van der Waals surface area contributed by atoms with Crippen molar-refractivity contribution in [3.05, 3.63) is 83.4 Å². The van der Waals surface area contributed by atoms with Gasteiger partial charge in [0.1, 0.15) is 48.7 Å². The lowest BCUT2D eigenvalue weighted by Crippen LogP contribution is -2.64. The molecule has 3 aromatic carbocycles. The Morgan fingerprint density at radius 3 is 1.96 bits per heavy atom. The number of esters is 4. The van der Waals surface area contributed by atoms with Crippen molar-refractivity contribution >= 4 is 63.5 Å². The minimum absolute atomic E-state index is 0.0426. The zero-order valence-corrected chi connectivity index (χ0v) is 39.1. The summed E-state index contributed by atoms with van der Waals surface area (Å²) in [4.78, 5) is 103. The summed E-state index contributed by atoms with van der Waals surface area (Å²) < 4.78 is 72.9. The van der Waals surface area contributed by atoms with E-state index in [2.05, 4.69) is 5.32 Å². The van der Waals surface area contributed by atoms with Crippen LogP contribution in [0.4, 0.5) is 15.3 Å². The van der Waals surface area contributed by atoms with Crippen molar-refractivity contribution in [1.82, 2.24) is 9.80 Å². The molecule has 1 heterocycles. The molecule has 1 saturated heterocycles. The molecule has 372 valence electrons. The van der Waals surface area contributed by atoms with Crippen LogP contribution in [0.5, 0.6) is 5.75 Å². The third kappa shape index (κ3) is 14.6. The highest BCUT2D eigenvalue weighted by molar-refractivity contribution is 7.90. The number of carboxylic acids is 1. The smallest absolute Gasteiger partial charge is 0.411 e. The monoisotopic (exact) mass is 985 g/mol. The Morgan fingerprint density at radius 1 is 0.783 bits per heavy atom. The van der Waals surface area contributed by atoms with Crippen LogP contribution in [0.2, 0.25) is 0 Å². The van der Waals surface area contributed by atoms with E-state index in [4.69, 9.17) is 47.7 Å². The fourth-order valence-electron chi connectivity index (χ4n) is 7.31. The summed E-state index contributed by atoms with van der Waals surface area (Å²) in [5.41, 5.74) is 3.92. The maximum atomic E-state index is 13.8. The first-order valence-electron chi connectivity index (χ1n) is 20.9. The van der Waals surface area contributed by atoms with Crippen LogP contribution in [0, 0.1) is 0 Å². The highest BCUT2D eigenvalue weighted by Crippen LogP contribution is 2.44. The average Bonchev–Trinajstić information content (AvgIpc) is 3.60. The van der Waals surface area contributed by atoms with E-state index in [1.165, 1.54) is 25.2 Å². The fourth-order valence-corrected chi connectivity index (χ4v) is 7.86. The summed E-state index contributed by atoms with van der Waals surface area (Å²) in [5.74, 6) is -7.18. The Bertz CT molecular complexity index is 2490. The molecule has 0 radical (unpaired) electrons. The number of carboxylic acid groups (broad SMARTS) is 1. The largest absolute Gasteiger partial charge is 0.480 e. The number of hydrogen-bond donors (Lipinski definition) is 2. The topological polar surface area (TPSA) is 293 Å². The van der Waals surface area contributed by atoms with Gasteiger partial charge in [-0.05, 0) is 39.9 Å². The molecule has 3 aromatic rings. The van der Waals surface area contributed by atoms with E-state index in [9.17, 15) is 46.8 Å². The van der Waals surface area contributed by atoms with Crippen LogP contribution < -0.4 is 10.1 Å².